The molecule has 3 heteroatoms. The normalized spacial score (nSPS) is 27.3. The van der Waals surface area contributed by atoms with Crippen LogP contribution in [0.2, 0.25) is 0 Å². The highest BCUT2D eigenvalue weighted by molar-refractivity contribution is 5.37. The second-order valence-corrected chi connectivity index (χ2v) is 7.08. The Labute approximate surface area is 149 Å². The maximum absolute atomic E-state index is 6.15. The first-order valence-corrected chi connectivity index (χ1v) is 9.25. The first-order chi connectivity index (χ1) is 12.2. The van der Waals surface area contributed by atoms with Gasteiger partial charge in [0.15, 0.2) is 0 Å². The summed E-state index contributed by atoms with van der Waals surface area (Å²) in [5.41, 5.74) is 4.73. The fourth-order valence-corrected chi connectivity index (χ4v) is 3.73. The third kappa shape index (κ3) is 3.12. The van der Waals surface area contributed by atoms with Crippen molar-refractivity contribution in [2.75, 3.05) is 26.4 Å². The zero-order chi connectivity index (χ0) is 17.3. The number of aryl methyl sites for hydroxylation is 2. The smallest absolute Gasteiger partial charge is 0.140 e. The molecule has 0 spiro atoms. The summed E-state index contributed by atoms with van der Waals surface area (Å²) in [5.74, 6) is 0. The minimum Gasteiger partial charge on any atom is -0.375 e. The molecular formula is C22H26O3. The number of hydrogen-bond donors (Lipinski definition) is 0. The van der Waals surface area contributed by atoms with Gasteiger partial charge in [-0.05, 0) is 35.1 Å². The summed E-state index contributed by atoms with van der Waals surface area (Å²) in [7, 11) is 0. The van der Waals surface area contributed by atoms with Crippen LogP contribution in [0.15, 0.2) is 48.5 Å². The molecule has 2 aliphatic rings. The van der Waals surface area contributed by atoms with Crippen LogP contribution >= 0.6 is 0 Å². The van der Waals surface area contributed by atoms with Gasteiger partial charge in [-0.2, -0.15) is 0 Å². The van der Waals surface area contributed by atoms with Crippen LogP contribution in [0.5, 0.6) is 0 Å². The Hall–Kier alpha value is -1.68. The third-order valence-corrected chi connectivity index (χ3v) is 5.43. The number of rotatable bonds is 8. The Morgan fingerprint density at radius 3 is 1.52 bits per heavy atom. The molecule has 0 aromatic heterocycles. The van der Waals surface area contributed by atoms with E-state index < -0.39 is 0 Å². The monoisotopic (exact) mass is 338 g/mol. The molecule has 2 aromatic carbocycles. The SMILES string of the molecule is CCc1ccccc1C1(COCC2(c3ccccc3CC)CO2)CO1. The largest absolute Gasteiger partial charge is 0.375 e. The molecule has 0 saturated carbocycles. The maximum Gasteiger partial charge on any atom is 0.140 e. The van der Waals surface area contributed by atoms with Crippen molar-refractivity contribution in [3.05, 3.63) is 70.8 Å². The second kappa shape index (κ2) is 6.56. The van der Waals surface area contributed by atoms with Gasteiger partial charge in [0.05, 0.1) is 26.4 Å². The zero-order valence-corrected chi connectivity index (χ0v) is 15.1. The highest BCUT2D eigenvalue weighted by atomic mass is 16.6. The van der Waals surface area contributed by atoms with Crippen molar-refractivity contribution in [3.8, 4) is 0 Å². The molecule has 0 bridgehead atoms. The van der Waals surface area contributed by atoms with E-state index >= 15 is 0 Å². The van der Waals surface area contributed by atoms with Gasteiger partial charge in [-0.15, -0.1) is 0 Å². The van der Waals surface area contributed by atoms with E-state index in [0.717, 1.165) is 26.1 Å². The average molecular weight is 338 g/mol. The molecule has 2 atom stereocenters. The van der Waals surface area contributed by atoms with Crippen LogP contribution in [0.4, 0.5) is 0 Å². The summed E-state index contributed by atoms with van der Waals surface area (Å²) < 4.78 is 17.8. The third-order valence-electron chi connectivity index (χ3n) is 5.43. The van der Waals surface area contributed by atoms with Crippen LogP contribution in [0, 0.1) is 0 Å². The number of ether oxygens (including phenoxy) is 3. The predicted molar refractivity (Wildman–Crippen MR) is 97.7 cm³/mol. The van der Waals surface area contributed by atoms with E-state index in [-0.39, 0.29) is 11.2 Å². The van der Waals surface area contributed by atoms with Crippen molar-refractivity contribution in [2.45, 2.75) is 37.9 Å². The van der Waals surface area contributed by atoms with Crippen LogP contribution in [0.25, 0.3) is 0 Å². The summed E-state index contributed by atoms with van der Waals surface area (Å²) >= 11 is 0. The molecule has 2 aliphatic heterocycles. The molecule has 25 heavy (non-hydrogen) atoms. The van der Waals surface area contributed by atoms with Gasteiger partial charge in [-0.25, -0.2) is 0 Å². The highest BCUT2D eigenvalue weighted by Crippen LogP contribution is 2.44. The lowest BCUT2D eigenvalue weighted by Gasteiger charge is -2.20. The van der Waals surface area contributed by atoms with Crippen LogP contribution < -0.4 is 0 Å². The molecule has 2 heterocycles. The van der Waals surface area contributed by atoms with E-state index in [0.29, 0.717) is 13.2 Å². The molecule has 4 rings (SSSR count). The summed E-state index contributed by atoms with van der Waals surface area (Å²) in [4.78, 5) is 0. The van der Waals surface area contributed by atoms with E-state index in [1.807, 2.05) is 0 Å². The molecule has 2 saturated heterocycles. The fraction of sp³-hybridized carbons (Fsp3) is 0.455. The van der Waals surface area contributed by atoms with Crippen molar-refractivity contribution in [1.82, 2.24) is 0 Å². The van der Waals surface area contributed by atoms with Crippen LogP contribution in [0.1, 0.15) is 36.1 Å². The van der Waals surface area contributed by atoms with Gasteiger partial charge in [0.2, 0.25) is 0 Å². The first-order valence-electron chi connectivity index (χ1n) is 9.25. The van der Waals surface area contributed by atoms with Gasteiger partial charge >= 0.3 is 0 Å². The van der Waals surface area contributed by atoms with E-state index in [9.17, 15) is 0 Å². The predicted octanol–water partition coefficient (Wildman–Crippen LogP) is 3.98. The van der Waals surface area contributed by atoms with Gasteiger partial charge in [0, 0.05) is 0 Å². The molecule has 0 aliphatic carbocycles. The van der Waals surface area contributed by atoms with Crippen molar-refractivity contribution < 1.29 is 14.2 Å². The van der Waals surface area contributed by atoms with Crippen molar-refractivity contribution >= 4 is 0 Å². The zero-order valence-electron chi connectivity index (χ0n) is 15.1. The molecule has 2 unspecified atom stereocenters. The average Bonchev–Trinajstić information content (AvgIpc) is 3.59. The molecule has 0 amide bonds. The second-order valence-electron chi connectivity index (χ2n) is 7.08. The molecular weight excluding hydrogens is 312 g/mol. The van der Waals surface area contributed by atoms with Gasteiger partial charge in [-0.3, -0.25) is 0 Å². The van der Waals surface area contributed by atoms with Crippen LogP contribution in [0.3, 0.4) is 0 Å². The van der Waals surface area contributed by atoms with Crippen molar-refractivity contribution in [3.63, 3.8) is 0 Å². The van der Waals surface area contributed by atoms with E-state index in [2.05, 4.69) is 62.4 Å². The van der Waals surface area contributed by atoms with Gasteiger partial charge in [-0.1, -0.05) is 62.4 Å². The van der Waals surface area contributed by atoms with Crippen LogP contribution in [-0.2, 0) is 38.3 Å². The number of epoxide rings is 2. The highest BCUT2D eigenvalue weighted by Gasteiger charge is 2.51. The van der Waals surface area contributed by atoms with Crippen molar-refractivity contribution in [2.24, 2.45) is 0 Å². The van der Waals surface area contributed by atoms with Gasteiger partial charge in [0.1, 0.15) is 11.2 Å². The Morgan fingerprint density at radius 2 is 1.16 bits per heavy atom. The topological polar surface area (TPSA) is 34.3 Å². The Balaban J connectivity index is 1.44. The number of hydrogen-bond acceptors (Lipinski definition) is 3. The standard InChI is InChI=1S/C22H26O3/c1-3-17-9-5-7-11-19(17)21(15-24-21)13-23-14-22(16-25-22)20-12-8-6-10-18(20)4-2/h5-12H,3-4,13-16H2,1-2H3. The molecule has 2 aromatic rings. The summed E-state index contributed by atoms with van der Waals surface area (Å²) in [5, 5.41) is 0. The molecule has 0 radical (unpaired) electrons. The lowest BCUT2D eigenvalue weighted by Crippen LogP contribution is -2.25. The van der Waals surface area contributed by atoms with E-state index in [1.54, 1.807) is 0 Å². The maximum atomic E-state index is 6.15. The van der Waals surface area contributed by atoms with E-state index in [4.69, 9.17) is 14.2 Å². The van der Waals surface area contributed by atoms with Crippen molar-refractivity contribution in [1.29, 1.82) is 0 Å². The lowest BCUT2D eigenvalue weighted by atomic mass is 9.93. The van der Waals surface area contributed by atoms with Crippen LogP contribution in [-0.4, -0.2) is 26.4 Å². The minimum absolute atomic E-state index is 0.257. The summed E-state index contributed by atoms with van der Waals surface area (Å²) in [6.07, 6.45) is 2.02. The minimum atomic E-state index is -0.257. The Kier molecular flexibility index (Phi) is 4.40. The molecule has 0 N–H and O–H groups in total. The summed E-state index contributed by atoms with van der Waals surface area (Å²) in [6.45, 7) is 7.02. The molecule has 2 fully saturated rings. The lowest BCUT2D eigenvalue weighted by molar-refractivity contribution is 0.0399. The summed E-state index contributed by atoms with van der Waals surface area (Å²) in [6, 6.07) is 17.1. The molecule has 132 valence electrons. The Bertz CT molecular complexity index is 681. The number of benzene rings is 2. The Morgan fingerprint density at radius 1 is 0.760 bits per heavy atom. The quantitative estimate of drug-likeness (QED) is 0.683. The fourth-order valence-electron chi connectivity index (χ4n) is 3.73. The van der Waals surface area contributed by atoms with E-state index in [1.165, 1.54) is 22.3 Å². The van der Waals surface area contributed by atoms with Gasteiger partial charge < -0.3 is 14.2 Å². The first kappa shape index (κ1) is 16.8. The van der Waals surface area contributed by atoms with Gasteiger partial charge in [0.25, 0.3) is 0 Å². The molecule has 3 nitrogen and oxygen atoms in total.